The molecule has 0 radical (unpaired) electrons. The zero-order chi connectivity index (χ0) is 15.6. The van der Waals surface area contributed by atoms with E-state index in [1.165, 1.54) is 12.8 Å². The van der Waals surface area contributed by atoms with E-state index >= 15 is 0 Å². The molecule has 2 N–H and O–H groups in total. The number of ether oxygens (including phenoxy) is 2. The van der Waals surface area contributed by atoms with Crippen molar-refractivity contribution in [2.24, 2.45) is 10.9 Å². The molecule has 1 aliphatic carbocycles. The lowest BCUT2D eigenvalue weighted by molar-refractivity contribution is 0.123. The molecule has 6 heteroatoms. The number of benzene rings is 1. The van der Waals surface area contributed by atoms with Crippen LogP contribution in [0.5, 0.6) is 5.75 Å². The van der Waals surface area contributed by atoms with Gasteiger partial charge in [0.25, 0.3) is 0 Å². The molecule has 2 rings (SSSR count). The van der Waals surface area contributed by atoms with Crippen LogP contribution in [0.15, 0.2) is 29.3 Å². The fourth-order valence-electron chi connectivity index (χ4n) is 2.16. The second kappa shape index (κ2) is 11.5. The van der Waals surface area contributed by atoms with Crippen molar-refractivity contribution in [3.63, 3.8) is 0 Å². The minimum absolute atomic E-state index is 0. The van der Waals surface area contributed by atoms with Gasteiger partial charge in [-0.3, -0.25) is 4.99 Å². The topological polar surface area (TPSA) is 54.9 Å². The number of guanidine groups is 1. The molecule has 1 aromatic rings. The Kier molecular flexibility index (Phi) is 10.0. The molecule has 1 aromatic carbocycles. The van der Waals surface area contributed by atoms with E-state index in [2.05, 4.69) is 15.6 Å². The van der Waals surface area contributed by atoms with E-state index in [9.17, 15) is 0 Å². The Labute approximate surface area is 156 Å². The van der Waals surface area contributed by atoms with Gasteiger partial charge < -0.3 is 20.1 Å². The summed E-state index contributed by atoms with van der Waals surface area (Å²) in [5, 5.41) is 6.60. The number of hydrogen-bond acceptors (Lipinski definition) is 3. The maximum Gasteiger partial charge on any atom is 0.191 e. The van der Waals surface area contributed by atoms with Gasteiger partial charge in [0.05, 0.1) is 7.11 Å². The normalized spacial score (nSPS) is 14.1. The smallest absolute Gasteiger partial charge is 0.191 e. The van der Waals surface area contributed by atoms with Crippen LogP contribution in [0.1, 0.15) is 24.8 Å². The van der Waals surface area contributed by atoms with Gasteiger partial charge in [-0.15, -0.1) is 24.0 Å². The van der Waals surface area contributed by atoms with E-state index < -0.39 is 0 Å². The molecule has 1 aliphatic rings. The monoisotopic (exact) mass is 433 g/mol. The number of halogens is 1. The lowest BCUT2D eigenvalue weighted by atomic mass is 10.2. The van der Waals surface area contributed by atoms with Crippen molar-refractivity contribution in [3.8, 4) is 5.75 Å². The molecule has 0 aliphatic heterocycles. The minimum atomic E-state index is 0. The summed E-state index contributed by atoms with van der Waals surface area (Å²) in [6, 6.07) is 7.99. The summed E-state index contributed by atoms with van der Waals surface area (Å²) in [5.74, 6) is 2.52. The fraction of sp³-hybridized carbons (Fsp3) is 0.588. The van der Waals surface area contributed by atoms with Crippen LogP contribution in [0.2, 0.25) is 0 Å². The number of rotatable bonds is 9. The van der Waals surface area contributed by atoms with Crippen molar-refractivity contribution in [2.75, 3.05) is 33.9 Å². The standard InChI is InChI=1S/C17H27N3O2.HI/c1-18-17(19-10-5-11-22-13-14-8-9-14)20-12-15-6-3-4-7-16(15)21-2;/h3-4,6-7,14H,5,8-13H2,1-2H3,(H2,18,19,20);1H. The summed E-state index contributed by atoms with van der Waals surface area (Å²) < 4.78 is 11.0. The van der Waals surface area contributed by atoms with Gasteiger partial charge in [-0.05, 0) is 31.2 Å². The van der Waals surface area contributed by atoms with Crippen molar-refractivity contribution >= 4 is 29.9 Å². The molecule has 0 saturated heterocycles. The first-order chi connectivity index (χ1) is 10.8. The molecule has 0 heterocycles. The number of nitrogens with zero attached hydrogens (tertiary/aromatic N) is 1. The molecular weight excluding hydrogens is 405 g/mol. The van der Waals surface area contributed by atoms with Crippen LogP contribution < -0.4 is 15.4 Å². The van der Waals surface area contributed by atoms with Crippen LogP contribution in [-0.2, 0) is 11.3 Å². The molecule has 1 fully saturated rings. The number of para-hydroxylation sites is 1. The molecule has 130 valence electrons. The molecule has 0 spiro atoms. The highest BCUT2D eigenvalue weighted by atomic mass is 127. The van der Waals surface area contributed by atoms with Crippen LogP contribution in [0.4, 0.5) is 0 Å². The van der Waals surface area contributed by atoms with Gasteiger partial charge >= 0.3 is 0 Å². The summed E-state index contributed by atoms with van der Waals surface area (Å²) in [5.41, 5.74) is 1.11. The predicted molar refractivity (Wildman–Crippen MR) is 105 cm³/mol. The average molecular weight is 433 g/mol. The third kappa shape index (κ3) is 7.87. The minimum Gasteiger partial charge on any atom is -0.496 e. The molecule has 0 aromatic heterocycles. The van der Waals surface area contributed by atoms with Gasteiger partial charge in [-0.1, -0.05) is 18.2 Å². The van der Waals surface area contributed by atoms with Gasteiger partial charge in [0, 0.05) is 38.9 Å². The SMILES string of the molecule is CN=C(NCCCOCC1CC1)NCc1ccccc1OC.I. The van der Waals surface area contributed by atoms with Crippen molar-refractivity contribution in [2.45, 2.75) is 25.8 Å². The zero-order valence-corrected chi connectivity index (χ0v) is 16.3. The quantitative estimate of drug-likeness (QED) is 0.272. The molecule has 1 saturated carbocycles. The number of methoxy groups -OCH3 is 1. The van der Waals surface area contributed by atoms with Crippen molar-refractivity contribution in [1.82, 2.24) is 10.6 Å². The second-order valence-corrected chi connectivity index (χ2v) is 5.54. The third-order valence-electron chi connectivity index (χ3n) is 3.67. The molecule has 0 unspecified atom stereocenters. The predicted octanol–water partition coefficient (Wildman–Crippen LogP) is 2.79. The maximum absolute atomic E-state index is 5.62. The molecule has 5 nitrogen and oxygen atoms in total. The third-order valence-corrected chi connectivity index (χ3v) is 3.67. The molecule has 0 amide bonds. The zero-order valence-electron chi connectivity index (χ0n) is 14.0. The van der Waals surface area contributed by atoms with Crippen molar-refractivity contribution in [3.05, 3.63) is 29.8 Å². The Morgan fingerprint density at radius 2 is 2.04 bits per heavy atom. The Morgan fingerprint density at radius 1 is 1.26 bits per heavy atom. The number of hydrogen-bond donors (Lipinski definition) is 2. The summed E-state index contributed by atoms with van der Waals surface area (Å²) in [7, 11) is 3.47. The first-order valence-corrected chi connectivity index (χ1v) is 7.97. The van der Waals surface area contributed by atoms with E-state index in [4.69, 9.17) is 9.47 Å². The summed E-state index contributed by atoms with van der Waals surface area (Å²) in [6.07, 6.45) is 3.68. The number of nitrogens with one attached hydrogen (secondary N) is 2. The lowest BCUT2D eigenvalue weighted by Gasteiger charge is -2.13. The summed E-state index contributed by atoms with van der Waals surface area (Å²) in [6.45, 7) is 3.28. The Hall–Kier alpha value is -1.02. The highest BCUT2D eigenvalue weighted by Crippen LogP contribution is 2.28. The van der Waals surface area contributed by atoms with Crippen LogP contribution in [-0.4, -0.2) is 39.9 Å². The largest absolute Gasteiger partial charge is 0.496 e. The highest BCUT2D eigenvalue weighted by molar-refractivity contribution is 14.0. The van der Waals surface area contributed by atoms with Gasteiger partial charge in [-0.25, -0.2) is 0 Å². The van der Waals surface area contributed by atoms with Gasteiger partial charge in [0.15, 0.2) is 5.96 Å². The maximum atomic E-state index is 5.62. The summed E-state index contributed by atoms with van der Waals surface area (Å²) >= 11 is 0. The Balaban J connectivity index is 0.00000264. The van der Waals surface area contributed by atoms with E-state index in [0.717, 1.165) is 49.4 Å². The fourth-order valence-corrected chi connectivity index (χ4v) is 2.16. The van der Waals surface area contributed by atoms with Crippen LogP contribution >= 0.6 is 24.0 Å². The number of aliphatic imine (C=N–C) groups is 1. The lowest BCUT2D eigenvalue weighted by Crippen LogP contribution is -2.37. The Bertz CT molecular complexity index is 479. The first-order valence-electron chi connectivity index (χ1n) is 7.97. The average Bonchev–Trinajstić information content (AvgIpc) is 3.38. The molecule has 0 atom stereocenters. The van der Waals surface area contributed by atoms with Gasteiger partial charge in [0.1, 0.15) is 5.75 Å². The van der Waals surface area contributed by atoms with Gasteiger partial charge in [0.2, 0.25) is 0 Å². The van der Waals surface area contributed by atoms with Crippen LogP contribution in [0, 0.1) is 5.92 Å². The molecule has 23 heavy (non-hydrogen) atoms. The highest BCUT2D eigenvalue weighted by Gasteiger charge is 2.20. The molecular formula is C17H28IN3O2. The van der Waals surface area contributed by atoms with E-state index in [0.29, 0.717) is 6.54 Å². The first kappa shape index (κ1) is 20.0. The van der Waals surface area contributed by atoms with Crippen LogP contribution in [0.25, 0.3) is 0 Å². The molecule has 0 bridgehead atoms. The van der Waals surface area contributed by atoms with Crippen LogP contribution in [0.3, 0.4) is 0 Å². The van der Waals surface area contributed by atoms with Crippen molar-refractivity contribution in [1.29, 1.82) is 0 Å². The van der Waals surface area contributed by atoms with Crippen molar-refractivity contribution < 1.29 is 9.47 Å². The van der Waals surface area contributed by atoms with Gasteiger partial charge in [-0.2, -0.15) is 0 Å². The van der Waals surface area contributed by atoms with E-state index in [-0.39, 0.29) is 24.0 Å². The van der Waals surface area contributed by atoms with E-state index in [1.54, 1.807) is 14.2 Å². The van der Waals surface area contributed by atoms with E-state index in [1.807, 2.05) is 24.3 Å². The Morgan fingerprint density at radius 3 is 2.74 bits per heavy atom. The second-order valence-electron chi connectivity index (χ2n) is 5.54. The summed E-state index contributed by atoms with van der Waals surface area (Å²) in [4.78, 5) is 4.23.